The molecule has 0 aliphatic carbocycles. The highest BCUT2D eigenvalue weighted by Gasteiger charge is 2.27. The number of carboxylic acid groups (broad SMARTS) is 1. The minimum Gasteiger partial charge on any atom is -0.480 e. The summed E-state index contributed by atoms with van der Waals surface area (Å²) in [4.78, 5) is 20.4. The molecule has 1 aliphatic heterocycles. The summed E-state index contributed by atoms with van der Waals surface area (Å²) in [6, 6.07) is -0.794. The third kappa shape index (κ3) is 1.07. The Labute approximate surface area is 57.5 Å². The predicted molar refractivity (Wildman–Crippen MR) is 33.2 cm³/mol. The third-order valence-corrected chi connectivity index (χ3v) is 1.47. The largest absolute Gasteiger partial charge is 0.480 e. The van der Waals surface area contributed by atoms with E-state index in [1.807, 2.05) is 0 Å². The smallest absolute Gasteiger partial charge is 0.325 e. The SMILES string of the molecule is O=C=C1CCN[C@@H]1C(=O)O. The Hall–Kier alpha value is -1.12. The first-order valence-corrected chi connectivity index (χ1v) is 2.95. The van der Waals surface area contributed by atoms with Gasteiger partial charge in [0.2, 0.25) is 0 Å². The van der Waals surface area contributed by atoms with Gasteiger partial charge >= 0.3 is 5.97 Å². The third-order valence-electron chi connectivity index (χ3n) is 1.47. The van der Waals surface area contributed by atoms with E-state index in [2.05, 4.69) is 5.32 Å². The van der Waals surface area contributed by atoms with Crippen molar-refractivity contribution in [2.45, 2.75) is 12.5 Å². The van der Waals surface area contributed by atoms with Crippen LogP contribution in [0.5, 0.6) is 0 Å². The molecule has 0 aromatic carbocycles. The summed E-state index contributed by atoms with van der Waals surface area (Å²) in [7, 11) is 0. The highest BCUT2D eigenvalue weighted by Crippen LogP contribution is 2.10. The lowest BCUT2D eigenvalue weighted by molar-refractivity contribution is -0.138. The van der Waals surface area contributed by atoms with Crippen LogP contribution in [-0.4, -0.2) is 29.6 Å². The highest BCUT2D eigenvalue weighted by atomic mass is 16.4. The fourth-order valence-corrected chi connectivity index (χ4v) is 0.965. The summed E-state index contributed by atoms with van der Waals surface area (Å²) in [5, 5.41) is 11.1. The normalized spacial score (nSPS) is 24.4. The van der Waals surface area contributed by atoms with Gasteiger partial charge in [0.05, 0.1) is 0 Å². The molecule has 0 unspecified atom stereocenters. The van der Waals surface area contributed by atoms with E-state index in [1.54, 1.807) is 5.94 Å². The number of nitrogens with one attached hydrogen (secondary N) is 1. The first-order chi connectivity index (χ1) is 4.75. The standard InChI is InChI=1S/C6H7NO3/c8-3-4-1-2-7-5(4)6(9)10/h5,7H,1-2H2,(H,9,10)/t5-/m0/s1. The lowest BCUT2D eigenvalue weighted by Crippen LogP contribution is -2.31. The van der Waals surface area contributed by atoms with Crippen molar-refractivity contribution < 1.29 is 14.7 Å². The Bertz CT molecular complexity index is 205. The van der Waals surface area contributed by atoms with E-state index >= 15 is 0 Å². The molecule has 1 aliphatic rings. The number of hydrogen-bond acceptors (Lipinski definition) is 3. The molecule has 1 saturated heterocycles. The minimum absolute atomic E-state index is 0.313. The van der Waals surface area contributed by atoms with E-state index in [4.69, 9.17) is 5.11 Å². The van der Waals surface area contributed by atoms with Crippen LogP contribution in [0, 0.1) is 0 Å². The quantitative estimate of drug-likeness (QED) is 0.469. The van der Waals surface area contributed by atoms with E-state index in [9.17, 15) is 9.59 Å². The van der Waals surface area contributed by atoms with Crippen molar-refractivity contribution in [3.8, 4) is 0 Å². The average molecular weight is 141 g/mol. The number of rotatable bonds is 1. The molecule has 0 saturated carbocycles. The molecule has 0 bridgehead atoms. The van der Waals surface area contributed by atoms with Gasteiger partial charge in [-0.15, -0.1) is 0 Å². The van der Waals surface area contributed by atoms with Crippen LogP contribution < -0.4 is 5.32 Å². The van der Waals surface area contributed by atoms with Gasteiger partial charge < -0.3 is 10.4 Å². The van der Waals surface area contributed by atoms with E-state index in [0.29, 0.717) is 18.5 Å². The molecular weight excluding hydrogens is 134 g/mol. The monoisotopic (exact) mass is 141 g/mol. The van der Waals surface area contributed by atoms with E-state index in [0.717, 1.165) is 0 Å². The van der Waals surface area contributed by atoms with Gasteiger partial charge in [-0.3, -0.25) is 4.79 Å². The Morgan fingerprint density at radius 3 is 2.90 bits per heavy atom. The average Bonchev–Trinajstić information content (AvgIpc) is 2.33. The van der Waals surface area contributed by atoms with Crippen molar-refractivity contribution in [3.63, 3.8) is 0 Å². The number of carbonyl (C=O) groups excluding carboxylic acids is 1. The van der Waals surface area contributed by atoms with Gasteiger partial charge in [-0.2, -0.15) is 0 Å². The molecule has 10 heavy (non-hydrogen) atoms. The molecule has 1 atom stereocenters. The Balaban J connectivity index is 2.78. The Morgan fingerprint density at radius 2 is 2.50 bits per heavy atom. The maximum absolute atomic E-state index is 10.3. The van der Waals surface area contributed by atoms with Crippen molar-refractivity contribution in [3.05, 3.63) is 5.57 Å². The number of carboxylic acids is 1. The van der Waals surface area contributed by atoms with Crippen LogP contribution in [0.3, 0.4) is 0 Å². The van der Waals surface area contributed by atoms with Crippen molar-refractivity contribution in [1.29, 1.82) is 0 Å². The lowest BCUT2D eigenvalue weighted by atomic mass is 10.1. The summed E-state index contributed by atoms with van der Waals surface area (Å²) in [5.41, 5.74) is 0.313. The Kier molecular flexibility index (Phi) is 1.85. The summed E-state index contributed by atoms with van der Waals surface area (Å²) in [6.45, 7) is 0.557. The van der Waals surface area contributed by atoms with Gasteiger partial charge in [0.25, 0.3) is 0 Å². The summed E-state index contributed by atoms with van der Waals surface area (Å²) >= 11 is 0. The molecule has 0 spiro atoms. The van der Waals surface area contributed by atoms with Crippen molar-refractivity contribution in [2.75, 3.05) is 6.54 Å². The maximum atomic E-state index is 10.3. The first-order valence-electron chi connectivity index (χ1n) is 2.95. The zero-order valence-corrected chi connectivity index (χ0v) is 5.26. The van der Waals surface area contributed by atoms with Gasteiger partial charge in [0.15, 0.2) is 0 Å². The van der Waals surface area contributed by atoms with Crippen molar-refractivity contribution in [1.82, 2.24) is 5.32 Å². The number of aliphatic carboxylic acids is 1. The molecule has 4 nitrogen and oxygen atoms in total. The predicted octanol–water partition coefficient (Wildman–Crippen LogP) is -0.809. The molecule has 1 heterocycles. The molecule has 1 fully saturated rings. The first kappa shape index (κ1) is 6.99. The molecule has 0 radical (unpaired) electrons. The molecular formula is C6H7NO3. The minimum atomic E-state index is -1.00. The van der Waals surface area contributed by atoms with Gasteiger partial charge in [-0.1, -0.05) is 0 Å². The zero-order chi connectivity index (χ0) is 7.56. The summed E-state index contributed by atoms with van der Waals surface area (Å²) < 4.78 is 0. The van der Waals surface area contributed by atoms with Crippen LogP contribution in [0.15, 0.2) is 5.57 Å². The topological polar surface area (TPSA) is 66.4 Å². The summed E-state index contributed by atoms with van der Waals surface area (Å²) in [5.74, 6) is 0.615. The molecule has 0 aromatic rings. The highest BCUT2D eigenvalue weighted by molar-refractivity contribution is 5.82. The second-order valence-corrected chi connectivity index (χ2v) is 2.10. The Morgan fingerprint density at radius 1 is 1.80 bits per heavy atom. The molecule has 0 amide bonds. The van der Waals surface area contributed by atoms with Crippen LogP contribution in [-0.2, 0) is 9.59 Å². The van der Waals surface area contributed by atoms with Gasteiger partial charge in [-0.05, 0) is 6.42 Å². The second-order valence-electron chi connectivity index (χ2n) is 2.10. The van der Waals surface area contributed by atoms with Crippen LogP contribution in [0.2, 0.25) is 0 Å². The number of hydrogen-bond donors (Lipinski definition) is 2. The zero-order valence-electron chi connectivity index (χ0n) is 5.26. The van der Waals surface area contributed by atoms with E-state index in [-0.39, 0.29) is 0 Å². The fraction of sp³-hybridized carbons (Fsp3) is 0.500. The second kappa shape index (κ2) is 2.64. The van der Waals surface area contributed by atoms with Crippen LogP contribution in [0.1, 0.15) is 6.42 Å². The summed E-state index contributed by atoms with van der Waals surface area (Å²) in [6.07, 6.45) is 0.500. The van der Waals surface area contributed by atoms with Crippen LogP contribution in [0.4, 0.5) is 0 Å². The van der Waals surface area contributed by atoms with E-state index in [1.165, 1.54) is 0 Å². The van der Waals surface area contributed by atoms with E-state index < -0.39 is 12.0 Å². The maximum Gasteiger partial charge on any atom is 0.325 e. The lowest BCUT2D eigenvalue weighted by Gasteiger charge is -2.00. The van der Waals surface area contributed by atoms with Gasteiger partial charge in [0.1, 0.15) is 12.0 Å². The van der Waals surface area contributed by atoms with Gasteiger partial charge in [0, 0.05) is 12.1 Å². The number of carbonyl (C=O) groups is 1. The molecule has 0 aromatic heterocycles. The molecule has 2 N–H and O–H groups in total. The van der Waals surface area contributed by atoms with Crippen molar-refractivity contribution in [2.24, 2.45) is 0 Å². The molecule has 1 rings (SSSR count). The van der Waals surface area contributed by atoms with Crippen LogP contribution in [0.25, 0.3) is 0 Å². The van der Waals surface area contributed by atoms with Gasteiger partial charge in [-0.25, -0.2) is 4.79 Å². The molecule has 4 heteroatoms. The van der Waals surface area contributed by atoms with Crippen LogP contribution >= 0.6 is 0 Å². The fourth-order valence-electron chi connectivity index (χ4n) is 0.965. The van der Waals surface area contributed by atoms with Crippen molar-refractivity contribution >= 4 is 11.9 Å². The molecule has 54 valence electrons.